The van der Waals surface area contributed by atoms with Gasteiger partial charge in [0.05, 0.1) is 22.6 Å². The summed E-state index contributed by atoms with van der Waals surface area (Å²) in [5.41, 5.74) is 7.20. The van der Waals surface area contributed by atoms with Crippen molar-refractivity contribution in [3.8, 4) is 0 Å². The van der Waals surface area contributed by atoms with Crippen LogP contribution in [0.15, 0.2) is 42.0 Å². The zero-order valence-electron chi connectivity index (χ0n) is 14.0. The second-order valence-corrected chi connectivity index (χ2v) is 7.37. The molecule has 6 nitrogen and oxygen atoms in total. The molecule has 0 amide bonds. The summed E-state index contributed by atoms with van der Waals surface area (Å²) in [7, 11) is 0. The summed E-state index contributed by atoms with van der Waals surface area (Å²) in [6.07, 6.45) is 11.5. The van der Waals surface area contributed by atoms with Crippen LogP contribution in [0.3, 0.4) is 0 Å². The summed E-state index contributed by atoms with van der Waals surface area (Å²) in [5.74, 6) is 0.784. The van der Waals surface area contributed by atoms with Gasteiger partial charge in [-0.25, -0.2) is 9.97 Å². The van der Waals surface area contributed by atoms with E-state index >= 15 is 0 Å². The van der Waals surface area contributed by atoms with E-state index in [1.807, 2.05) is 18.2 Å². The van der Waals surface area contributed by atoms with E-state index in [2.05, 4.69) is 30.5 Å². The maximum Gasteiger partial charge on any atom is 0.158 e. The molecule has 3 heterocycles. The van der Waals surface area contributed by atoms with Crippen molar-refractivity contribution in [2.75, 3.05) is 5.43 Å². The van der Waals surface area contributed by atoms with Gasteiger partial charge in [-0.05, 0) is 48.9 Å². The van der Waals surface area contributed by atoms with Crippen LogP contribution in [-0.4, -0.2) is 26.2 Å². The third kappa shape index (κ3) is 2.70. The van der Waals surface area contributed by atoms with Gasteiger partial charge in [0.25, 0.3) is 0 Å². The van der Waals surface area contributed by atoms with Gasteiger partial charge in [0.1, 0.15) is 11.2 Å². The van der Waals surface area contributed by atoms with Crippen LogP contribution in [0.25, 0.3) is 21.3 Å². The average Bonchev–Trinajstić information content (AvgIpc) is 3.07. The fourth-order valence-corrected chi connectivity index (χ4v) is 4.63. The van der Waals surface area contributed by atoms with Crippen LogP contribution >= 0.6 is 11.3 Å². The third-order valence-electron chi connectivity index (χ3n) is 4.63. The van der Waals surface area contributed by atoms with Gasteiger partial charge in [0.2, 0.25) is 0 Å². The minimum Gasteiger partial charge on any atom is -0.261 e. The Hall–Kier alpha value is -2.93. The molecule has 0 spiro atoms. The lowest BCUT2D eigenvalue weighted by Crippen LogP contribution is -2.01. The number of aromatic nitrogens is 4. The van der Waals surface area contributed by atoms with Crippen LogP contribution in [0.2, 0.25) is 0 Å². The van der Waals surface area contributed by atoms with Gasteiger partial charge in [0, 0.05) is 17.3 Å². The topological polar surface area (TPSA) is 76.0 Å². The van der Waals surface area contributed by atoms with Crippen molar-refractivity contribution in [3.05, 3.63) is 52.9 Å². The van der Waals surface area contributed by atoms with Gasteiger partial charge >= 0.3 is 0 Å². The molecule has 1 aliphatic carbocycles. The number of fused-ring (bicyclic) bond motifs is 4. The molecule has 7 heteroatoms. The first-order chi connectivity index (χ1) is 12.9. The van der Waals surface area contributed by atoms with Crippen LogP contribution in [0.5, 0.6) is 0 Å². The van der Waals surface area contributed by atoms with E-state index < -0.39 is 0 Å². The molecular weight excluding hydrogens is 344 g/mol. The molecular formula is C19H16N6S. The van der Waals surface area contributed by atoms with E-state index in [1.54, 1.807) is 36.3 Å². The predicted molar refractivity (Wildman–Crippen MR) is 105 cm³/mol. The van der Waals surface area contributed by atoms with Gasteiger partial charge in [-0.2, -0.15) is 5.10 Å². The van der Waals surface area contributed by atoms with E-state index in [0.29, 0.717) is 0 Å². The Morgan fingerprint density at radius 3 is 2.85 bits per heavy atom. The second-order valence-electron chi connectivity index (χ2n) is 6.29. The summed E-state index contributed by atoms with van der Waals surface area (Å²) >= 11 is 1.79. The monoisotopic (exact) mass is 360 g/mol. The molecule has 0 atom stereocenters. The van der Waals surface area contributed by atoms with Crippen molar-refractivity contribution in [1.29, 1.82) is 0 Å². The lowest BCUT2D eigenvalue weighted by atomic mass is 9.97. The van der Waals surface area contributed by atoms with Gasteiger partial charge in [-0.1, -0.05) is 6.07 Å². The number of anilines is 1. The van der Waals surface area contributed by atoms with Crippen molar-refractivity contribution in [3.63, 3.8) is 0 Å². The third-order valence-corrected chi connectivity index (χ3v) is 5.83. The second kappa shape index (κ2) is 6.42. The number of nitrogens with one attached hydrogen (secondary N) is 1. The summed E-state index contributed by atoms with van der Waals surface area (Å²) in [5, 5.41) is 5.52. The highest BCUT2D eigenvalue weighted by Crippen LogP contribution is 2.38. The summed E-state index contributed by atoms with van der Waals surface area (Å²) < 4.78 is 0. The predicted octanol–water partition coefficient (Wildman–Crippen LogP) is 3.96. The highest BCUT2D eigenvalue weighted by atomic mass is 32.1. The fourth-order valence-electron chi connectivity index (χ4n) is 3.40. The summed E-state index contributed by atoms with van der Waals surface area (Å²) in [4.78, 5) is 20.0. The Bertz CT molecular complexity index is 1130. The molecule has 0 aliphatic heterocycles. The van der Waals surface area contributed by atoms with Crippen LogP contribution in [0.1, 0.15) is 28.8 Å². The number of thiophene rings is 1. The van der Waals surface area contributed by atoms with Crippen molar-refractivity contribution < 1.29 is 0 Å². The molecule has 0 radical (unpaired) electrons. The number of hydrazone groups is 1. The Balaban J connectivity index is 1.45. The SMILES string of the molecule is C(=NNc1ncnc2sc3c(c12)CCCC3)c1ccc2nccnc2c1. The number of hydrogen-bond donors (Lipinski definition) is 1. The maximum atomic E-state index is 4.45. The largest absolute Gasteiger partial charge is 0.261 e. The zero-order valence-corrected chi connectivity index (χ0v) is 14.8. The zero-order chi connectivity index (χ0) is 17.3. The summed E-state index contributed by atoms with van der Waals surface area (Å²) in [6, 6.07) is 5.89. The molecule has 1 aliphatic rings. The molecule has 0 saturated carbocycles. The fraction of sp³-hybridized carbons (Fsp3) is 0.211. The van der Waals surface area contributed by atoms with Crippen molar-refractivity contribution in [2.45, 2.75) is 25.7 Å². The number of rotatable bonds is 3. The van der Waals surface area contributed by atoms with Gasteiger partial charge in [0.15, 0.2) is 5.82 Å². The molecule has 0 saturated heterocycles. The smallest absolute Gasteiger partial charge is 0.158 e. The highest BCUT2D eigenvalue weighted by molar-refractivity contribution is 7.19. The van der Waals surface area contributed by atoms with Crippen LogP contribution in [0, 0.1) is 0 Å². The standard InChI is InChI=1S/C19H16N6S/c1-2-4-16-13(3-1)17-18(22-11-23-19(17)26-16)25-24-10-12-5-6-14-15(9-12)21-8-7-20-14/h5-11H,1-4H2,(H,22,23,25). The first-order valence-electron chi connectivity index (χ1n) is 8.63. The average molecular weight is 360 g/mol. The Morgan fingerprint density at radius 2 is 1.88 bits per heavy atom. The molecule has 3 aromatic heterocycles. The van der Waals surface area contributed by atoms with E-state index in [0.717, 1.165) is 45.5 Å². The van der Waals surface area contributed by atoms with Gasteiger partial charge < -0.3 is 0 Å². The lowest BCUT2D eigenvalue weighted by molar-refractivity contribution is 0.700. The van der Waals surface area contributed by atoms with Crippen molar-refractivity contribution >= 4 is 44.6 Å². The Labute approximate surface area is 154 Å². The molecule has 5 rings (SSSR count). The number of nitrogens with zero attached hydrogens (tertiary/aromatic N) is 5. The Morgan fingerprint density at radius 1 is 1.00 bits per heavy atom. The number of aryl methyl sites for hydroxylation is 2. The Kier molecular flexibility index (Phi) is 3.79. The number of hydrogen-bond acceptors (Lipinski definition) is 7. The number of benzene rings is 1. The van der Waals surface area contributed by atoms with Crippen molar-refractivity contribution in [2.24, 2.45) is 5.10 Å². The molecule has 0 bridgehead atoms. The minimum atomic E-state index is 0.784. The molecule has 128 valence electrons. The van der Waals surface area contributed by atoms with Crippen molar-refractivity contribution in [1.82, 2.24) is 19.9 Å². The van der Waals surface area contributed by atoms with Gasteiger partial charge in [-0.15, -0.1) is 11.3 Å². The molecule has 26 heavy (non-hydrogen) atoms. The molecule has 4 aromatic rings. The van der Waals surface area contributed by atoms with E-state index in [-0.39, 0.29) is 0 Å². The quantitative estimate of drug-likeness (QED) is 0.442. The van der Waals surface area contributed by atoms with Crippen LogP contribution in [-0.2, 0) is 12.8 Å². The maximum absolute atomic E-state index is 4.45. The van der Waals surface area contributed by atoms with Gasteiger partial charge in [-0.3, -0.25) is 15.4 Å². The minimum absolute atomic E-state index is 0.784. The van der Waals surface area contributed by atoms with Crippen LogP contribution in [0.4, 0.5) is 5.82 Å². The van der Waals surface area contributed by atoms with Crippen LogP contribution < -0.4 is 5.43 Å². The first kappa shape index (κ1) is 15.3. The molecule has 0 fully saturated rings. The molecule has 1 aromatic carbocycles. The first-order valence-corrected chi connectivity index (χ1v) is 9.45. The normalized spacial score (nSPS) is 14.2. The summed E-state index contributed by atoms with van der Waals surface area (Å²) in [6.45, 7) is 0. The molecule has 0 unspecified atom stereocenters. The lowest BCUT2D eigenvalue weighted by Gasteiger charge is -2.11. The molecule has 1 N–H and O–H groups in total. The van der Waals surface area contributed by atoms with E-state index in [4.69, 9.17) is 0 Å². The van der Waals surface area contributed by atoms with E-state index in [1.165, 1.54) is 23.3 Å². The van der Waals surface area contributed by atoms with E-state index in [9.17, 15) is 0 Å². The highest BCUT2D eigenvalue weighted by Gasteiger charge is 2.19.